The van der Waals surface area contributed by atoms with Gasteiger partial charge in [-0.3, -0.25) is 14.2 Å². The minimum Gasteiger partial charge on any atom is -0.324 e. The van der Waals surface area contributed by atoms with E-state index in [0.717, 1.165) is 32.1 Å². The molecule has 0 aliphatic carbocycles. The van der Waals surface area contributed by atoms with E-state index < -0.39 is 6.04 Å². The van der Waals surface area contributed by atoms with Crippen LogP contribution >= 0.6 is 11.3 Å². The molecule has 1 N–H and O–H groups in total. The van der Waals surface area contributed by atoms with Crippen molar-refractivity contribution in [3.8, 4) is 0 Å². The Hall–Kier alpha value is -2.47. The van der Waals surface area contributed by atoms with Gasteiger partial charge in [-0.2, -0.15) is 0 Å². The molecule has 136 valence electrons. The molecule has 6 heteroatoms. The van der Waals surface area contributed by atoms with Crippen molar-refractivity contribution in [3.05, 3.63) is 56.4 Å². The summed E-state index contributed by atoms with van der Waals surface area (Å²) in [6.45, 7) is 9.79. The highest BCUT2D eigenvalue weighted by Crippen LogP contribution is 2.26. The smallest absolute Gasteiger partial charge is 0.263 e. The van der Waals surface area contributed by atoms with Crippen LogP contribution in [-0.2, 0) is 4.79 Å². The number of carbonyl (C=O) groups excluding carboxylic acids is 1. The van der Waals surface area contributed by atoms with E-state index in [1.807, 2.05) is 46.8 Å². The molecule has 3 rings (SSSR count). The lowest BCUT2D eigenvalue weighted by atomic mass is 10.1. The molecule has 1 aromatic carbocycles. The van der Waals surface area contributed by atoms with Crippen molar-refractivity contribution < 1.29 is 4.79 Å². The molecule has 0 fully saturated rings. The molecular weight excluding hydrogens is 346 g/mol. The highest BCUT2D eigenvalue weighted by molar-refractivity contribution is 7.18. The van der Waals surface area contributed by atoms with Crippen LogP contribution < -0.4 is 10.9 Å². The van der Waals surface area contributed by atoms with E-state index in [1.54, 1.807) is 0 Å². The maximum Gasteiger partial charge on any atom is 0.263 e. The first-order chi connectivity index (χ1) is 12.3. The van der Waals surface area contributed by atoms with Gasteiger partial charge in [-0.1, -0.05) is 13.0 Å². The molecule has 0 bridgehead atoms. The van der Waals surface area contributed by atoms with Gasteiger partial charge in [0, 0.05) is 10.6 Å². The van der Waals surface area contributed by atoms with Crippen LogP contribution in [0.3, 0.4) is 0 Å². The molecule has 3 aromatic rings. The van der Waals surface area contributed by atoms with Gasteiger partial charge in [-0.25, -0.2) is 4.98 Å². The van der Waals surface area contributed by atoms with Crippen molar-refractivity contribution in [1.29, 1.82) is 0 Å². The second-order valence-electron chi connectivity index (χ2n) is 6.71. The quantitative estimate of drug-likeness (QED) is 0.746. The number of aryl methyl sites for hydroxylation is 4. The zero-order valence-electron chi connectivity index (χ0n) is 15.7. The molecule has 5 nitrogen and oxygen atoms in total. The molecule has 0 radical (unpaired) electrons. The number of benzene rings is 1. The van der Waals surface area contributed by atoms with Crippen LogP contribution in [0.5, 0.6) is 0 Å². The van der Waals surface area contributed by atoms with Gasteiger partial charge in [-0.05, 0) is 62.9 Å². The molecule has 2 aromatic heterocycles. The van der Waals surface area contributed by atoms with E-state index in [4.69, 9.17) is 0 Å². The average molecular weight is 369 g/mol. The fourth-order valence-corrected chi connectivity index (χ4v) is 4.24. The second kappa shape index (κ2) is 7.03. The molecule has 1 amide bonds. The molecular formula is C20H23N3O2S. The Labute approximate surface area is 156 Å². The molecule has 0 aliphatic heterocycles. The number of rotatable bonds is 4. The molecule has 0 spiro atoms. The highest BCUT2D eigenvalue weighted by Gasteiger charge is 2.22. The normalized spacial score (nSPS) is 12.3. The summed E-state index contributed by atoms with van der Waals surface area (Å²) in [6.07, 6.45) is 2.00. The summed E-state index contributed by atoms with van der Waals surface area (Å²) in [5, 5.41) is 3.56. The summed E-state index contributed by atoms with van der Waals surface area (Å²) in [7, 11) is 0. The number of anilines is 1. The predicted molar refractivity (Wildman–Crippen MR) is 107 cm³/mol. The van der Waals surface area contributed by atoms with Crippen LogP contribution in [0.1, 0.15) is 41.0 Å². The van der Waals surface area contributed by atoms with Crippen LogP contribution in [-0.4, -0.2) is 15.5 Å². The largest absolute Gasteiger partial charge is 0.324 e. The topological polar surface area (TPSA) is 64.0 Å². The number of hydrogen-bond acceptors (Lipinski definition) is 4. The van der Waals surface area contributed by atoms with Gasteiger partial charge in [0.2, 0.25) is 5.91 Å². The third kappa shape index (κ3) is 3.29. The highest BCUT2D eigenvalue weighted by atomic mass is 32.1. The minimum atomic E-state index is -0.597. The molecule has 2 heterocycles. The predicted octanol–water partition coefficient (Wildman–Crippen LogP) is 4.28. The van der Waals surface area contributed by atoms with Crippen molar-refractivity contribution in [2.75, 3.05) is 5.32 Å². The van der Waals surface area contributed by atoms with E-state index in [1.165, 1.54) is 22.2 Å². The Morgan fingerprint density at radius 2 is 1.85 bits per heavy atom. The Morgan fingerprint density at radius 3 is 2.46 bits per heavy atom. The second-order valence-corrected chi connectivity index (χ2v) is 7.91. The first kappa shape index (κ1) is 18.3. The zero-order valence-corrected chi connectivity index (χ0v) is 16.5. The van der Waals surface area contributed by atoms with Crippen molar-refractivity contribution >= 4 is 33.1 Å². The molecule has 1 unspecified atom stereocenters. The number of aromatic nitrogens is 2. The summed E-state index contributed by atoms with van der Waals surface area (Å²) in [5.41, 5.74) is 3.70. The van der Waals surface area contributed by atoms with E-state index in [0.29, 0.717) is 11.8 Å². The molecule has 0 saturated heterocycles. The summed E-state index contributed by atoms with van der Waals surface area (Å²) in [5.74, 6) is -0.203. The third-order valence-corrected chi connectivity index (χ3v) is 5.74. The number of nitrogens with zero attached hydrogens (tertiary/aromatic N) is 2. The summed E-state index contributed by atoms with van der Waals surface area (Å²) >= 11 is 1.51. The lowest BCUT2D eigenvalue weighted by Gasteiger charge is -2.18. The van der Waals surface area contributed by atoms with Crippen LogP contribution in [0.2, 0.25) is 0 Å². The number of thiophene rings is 1. The monoisotopic (exact) mass is 369 g/mol. The molecule has 0 aliphatic rings. The van der Waals surface area contributed by atoms with Gasteiger partial charge in [0.05, 0.1) is 11.7 Å². The van der Waals surface area contributed by atoms with Crippen LogP contribution in [0, 0.1) is 27.7 Å². The fourth-order valence-electron chi connectivity index (χ4n) is 3.25. The third-order valence-electron chi connectivity index (χ3n) is 4.63. The number of hydrogen-bond donors (Lipinski definition) is 1. The van der Waals surface area contributed by atoms with Crippen LogP contribution in [0.25, 0.3) is 10.2 Å². The lowest BCUT2D eigenvalue weighted by molar-refractivity contribution is -0.119. The SMILES string of the molecule is CCC(C(=O)Nc1cc(C)cc(C)c1)n1cnc2sc(C)c(C)c2c1=O. The molecule has 26 heavy (non-hydrogen) atoms. The molecule has 0 saturated carbocycles. The summed E-state index contributed by atoms with van der Waals surface area (Å²) in [4.78, 5) is 32.0. The number of amides is 1. The van der Waals surface area contributed by atoms with E-state index in [2.05, 4.69) is 16.4 Å². The Balaban J connectivity index is 1.99. The Bertz CT molecular complexity index is 1030. The van der Waals surface area contributed by atoms with Gasteiger partial charge in [0.25, 0.3) is 5.56 Å². The van der Waals surface area contributed by atoms with Gasteiger partial charge < -0.3 is 5.32 Å². The molecule has 1 atom stereocenters. The number of carbonyl (C=O) groups is 1. The fraction of sp³-hybridized carbons (Fsp3) is 0.350. The van der Waals surface area contributed by atoms with E-state index in [9.17, 15) is 9.59 Å². The average Bonchev–Trinajstić information content (AvgIpc) is 2.84. The first-order valence-corrected chi connectivity index (χ1v) is 9.49. The Morgan fingerprint density at radius 1 is 1.19 bits per heavy atom. The van der Waals surface area contributed by atoms with E-state index in [-0.39, 0.29) is 11.5 Å². The van der Waals surface area contributed by atoms with E-state index >= 15 is 0 Å². The maximum absolute atomic E-state index is 13.0. The lowest BCUT2D eigenvalue weighted by Crippen LogP contribution is -2.33. The maximum atomic E-state index is 13.0. The van der Waals surface area contributed by atoms with Crippen molar-refractivity contribution in [2.24, 2.45) is 0 Å². The first-order valence-electron chi connectivity index (χ1n) is 8.67. The van der Waals surface area contributed by atoms with Crippen molar-refractivity contribution in [3.63, 3.8) is 0 Å². The van der Waals surface area contributed by atoms with Gasteiger partial charge in [0.15, 0.2) is 0 Å². The zero-order chi connectivity index (χ0) is 19.0. The number of fused-ring (bicyclic) bond motifs is 1. The van der Waals surface area contributed by atoms with Crippen molar-refractivity contribution in [1.82, 2.24) is 9.55 Å². The standard InChI is InChI=1S/C20H23N3O2S/c1-6-16(18(24)22-15-8-11(2)7-12(3)9-15)23-10-21-19-17(20(23)25)13(4)14(5)26-19/h7-10,16H,6H2,1-5H3,(H,22,24). The summed E-state index contributed by atoms with van der Waals surface area (Å²) in [6, 6.07) is 5.30. The van der Waals surface area contributed by atoms with Crippen LogP contribution in [0.4, 0.5) is 5.69 Å². The van der Waals surface area contributed by atoms with Gasteiger partial charge >= 0.3 is 0 Å². The minimum absolute atomic E-state index is 0.153. The summed E-state index contributed by atoms with van der Waals surface area (Å²) < 4.78 is 1.46. The van der Waals surface area contributed by atoms with Gasteiger partial charge in [0.1, 0.15) is 10.9 Å². The number of nitrogens with one attached hydrogen (secondary N) is 1. The van der Waals surface area contributed by atoms with Crippen molar-refractivity contribution in [2.45, 2.75) is 47.1 Å². The van der Waals surface area contributed by atoms with Crippen LogP contribution in [0.15, 0.2) is 29.3 Å². The Kier molecular flexibility index (Phi) is 4.96. The van der Waals surface area contributed by atoms with Gasteiger partial charge in [-0.15, -0.1) is 11.3 Å².